The number of rotatable bonds is 4. The van der Waals surface area contributed by atoms with Crippen molar-refractivity contribution in [3.63, 3.8) is 0 Å². The van der Waals surface area contributed by atoms with Crippen molar-refractivity contribution in [1.82, 2.24) is 4.72 Å². The van der Waals surface area contributed by atoms with Crippen molar-refractivity contribution in [3.05, 3.63) is 33.3 Å². The largest absolute Gasteiger partial charge is 0.289 e. The molecule has 0 bridgehead atoms. The molecule has 2 rings (SSSR count). The van der Waals surface area contributed by atoms with Gasteiger partial charge in [-0.25, -0.2) is 13.1 Å². The molecular formula is C14H19ClN2O4S. The van der Waals surface area contributed by atoms with Crippen molar-refractivity contribution in [2.24, 2.45) is 11.8 Å². The lowest BCUT2D eigenvalue weighted by Crippen LogP contribution is -2.43. The Labute approximate surface area is 135 Å². The smallest absolute Gasteiger partial charge is 0.258 e. The van der Waals surface area contributed by atoms with Gasteiger partial charge >= 0.3 is 0 Å². The molecule has 1 N–H and O–H groups in total. The van der Waals surface area contributed by atoms with Crippen LogP contribution in [0.15, 0.2) is 23.1 Å². The molecule has 1 fully saturated rings. The molecular weight excluding hydrogens is 328 g/mol. The monoisotopic (exact) mass is 346 g/mol. The Bertz CT molecular complexity index is 677. The van der Waals surface area contributed by atoms with Gasteiger partial charge in [-0.3, -0.25) is 10.1 Å². The lowest BCUT2D eigenvalue weighted by molar-refractivity contribution is -0.384. The van der Waals surface area contributed by atoms with E-state index in [9.17, 15) is 18.5 Å². The fraction of sp³-hybridized carbons (Fsp3) is 0.571. The van der Waals surface area contributed by atoms with Crippen LogP contribution in [0.1, 0.15) is 33.1 Å². The van der Waals surface area contributed by atoms with Crippen molar-refractivity contribution >= 4 is 27.3 Å². The lowest BCUT2D eigenvalue weighted by Gasteiger charge is -2.34. The highest BCUT2D eigenvalue weighted by Crippen LogP contribution is 2.31. The van der Waals surface area contributed by atoms with Gasteiger partial charge in [-0.15, -0.1) is 0 Å². The van der Waals surface area contributed by atoms with Crippen LogP contribution >= 0.6 is 11.6 Å². The van der Waals surface area contributed by atoms with Crippen LogP contribution in [0.2, 0.25) is 5.02 Å². The van der Waals surface area contributed by atoms with Gasteiger partial charge in [-0.1, -0.05) is 38.3 Å². The molecule has 8 heteroatoms. The number of sulfonamides is 1. The number of hydrogen-bond acceptors (Lipinski definition) is 4. The van der Waals surface area contributed by atoms with Crippen molar-refractivity contribution in [3.8, 4) is 0 Å². The van der Waals surface area contributed by atoms with Gasteiger partial charge in [0.15, 0.2) is 0 Å². The molecule has 1 aliphatic carbocycles. The number of hydrogen-bond donors (Lipinski definition) is 1. The first kappa shape index (κ1) is 17.2. The van der Waals surface area contributed by atoms with Gasteiger partial charge in [0.1, 0.15) is 5.02 Å². The molecule has 0 spiro atoms. The third-order valence-corrected chi connectivity index (χ3v) is 6.25. The average molecular weight is 347 g/mol. The summed E-state index contributed by atoms with van der Waals surface area (Å²) in [5.41, 5.74) is -0.408. The standard InChI is InChI=1S/C14H19ClN2O4S/c1-9-4-3-5-13(10(9)2)16-22(20,21)11-6-7-12(15)14(8-11)17(18)19/h6-10,13,16H,3-5H2,1-2H3/t9-,10+,13+/m0/s1. The summed E-state index contributed by atoms with van der Waals surface area (Å²) in [6, 6.07) is 3.38. The molecule has 1 aliphatic rings. The molecule has 22 heavy (non-hydrogen) atoms. The van der Waals surface area contributed by atoms with E-state index in [-0.39, 0.29) is 21.9 Å². The van der Waals surface area contributed by atoms with E-state index in [0.717, 1.165) is 25.3 Å². The Balaban J connectivity index is 2.27. The van der Waals surface area contributed by atoms with Crippen LogP contribution in [-0.4, -0.2) is 19.4 Å². The number of halogens is 1. The SMILES string of the molecule is C[C@@H]1[C@@H](C)CCC[C@H]1NS(=O)(=O)c1ccc(Cl)c([N+](=O)[O-])c1. The molecule has 0 radical (unpaired) electrons. The normalized spacial score (nSPS) is 25.9. The maximum Gasteiger partial charge on any atom is 0.289 e. The zero-order valence-corrected chi connectivity index (χ0v) is 14.0. The summed E-state index contributed by atoms with van der Waals surface area (Å²) >= 11 is 5.72. The minimum atomic E-state index is -3.80. The quantitative estimate of drug-likeness (QED) is 0.668. The molecule has 0 saturated heterocycles. The third kappa shape index (κ3) is 3.59. The first-order valence-electron chi connectivity index (χ1n) is 7.18. The van der Waals surface area contributed by atoms with Gasteiger partial charge in [-0.2, -0.15) is 0 Å². The van der Waals surface area contributed by atoms with Gasteiger partial charge in [0, 0.05) is 12.1 Å². The van der Waals surface area contributed by atoms with Crippen LogP contribution in [0.5, 0.6) is 0 Å². The Morgan fingerprint density at radius 2 is 2.00 bits per heavy atom. The zero-order valence-electron chi connectivity index (χ0n) is 12.5. The minimum Gasteiger partial charge on any atom is -0.258 e. The molecule has 0 aromatic heterocycles. The number of nitro groups is 1. The van der Waals surface area contributed by atoms with E-state index >= 15 is 0 Å². The summed E-state index contributed by atoms with van der Waals surface area (Å²) in [5, 5.41) is 10.8. The van der Waals surface area contributed by atoms with Crippen LogP contribution in [0, 0.1) is 22.0 Å². The maximum absolute atomic E-state index is 12.5. The molecule has 0 amide bonds. The van der Waals surface area contributed by atoms with Crippen LogP contribution in [0.25, 0.3) is 0 Å². The second kappa shape index (κ2) is 6.52. The second-order valence-electron chi connectivity index (χ2n) is 5.87. The molecule has 1 aromatic carbocycles. The number of nitro benzene ring substituents is 1. The van der Waals surface area contributed by atoms with E-state index in [2.05, 4.69) is 11.6 Å². The maximum atomic E-state index is 12.5. The third-order valence-electron chi connectivity index (χ3n) is 4.44. The van der Waals surface area contributed by atoms with Crippen LogP contribution in [0.3, 0.4) is 0 Å². The van der Waals surface area contributed by atoms with E-state index in [0.29, 0.717) is 5.92 Å². The molecule has 1 saturated carbocycles. The molecule has 1 aromatic rings. The average Bonchev–Trinajstić information content (AvgIpc) is 2.43. The zero-order chi connectivity index (χ0) is 16.5. The summed E-state index contributed by atoms with van der Waals surface area (Å²) in [6.07, 6.45) is 2.84. The minimum absolute atomic E-state index is 0.0800. The van der Waals surface area contributed by atoms with Crippen LogP contribution in [-0.2, 0) is 10.0 Å². The summed E-state index contributed by atoms with van der Waals surface area (Å²) < 4.78 is 27.6. The molecule has 3 atom stereocenters. The molecule has 0 heterocycles. The van der Waals surface area contributed by atoms with Crippen LogP contribution < -0.4 is 4.72 Å². The van der Waals surface area contributed by atoms with Gasteiger partial charge in [0.25, 0.3) is 5.69 Å². The highest BCUT2D eigenvalue weighted by Gasteiger charge is 2.31. The first-order chi connectivity index (χ1) is 10.2. The first-order valence-corrected chi connectivity index (χ1v) is 9.05. The number of nitrogens with one attached hydrogen (secondary N) is 1. The Hall–Kier alpha value is -1.18. The van der Waals surface area contributed by atoms with Crippen molar-refractivity contribution in [1.29, 1.82) is 0 Å². The fourth-order valence-electron chi connectivity index (χ4n) is 2.82. The van der Waals surface area contributed by atoms with Crippen molar-refractivity contribution in [2.75, 3.05) is 0 Å². The second-order valence-corrected chi connectivity index (χ2v) is 7.99. The van der Waals surface area contributed by atoms with E-state index in [1.165, 1.54) is 12.1 Å². The molecule has 122 valence electrons. The van der Waals surface area contributed by atoms with E-state index in [1.54, 1.807) is 0 Å². The molecule has 6 nitrogen and oxygen atoms in total. The predicted octanol–water partition coefficient (Wildman–Crippen LogP) is 3.35. The highest BCUT2D eigenvalue weighted by atomic mass is 35.5. The van der Waals surface area contributed by atoms with Crippen molar-refractivity contribution < 1.29 is 13.3 Å². The van der Waals surface area contributed by atoms with E-state index < -0.39 is 20.6 Å². The van der Waals surface area contributed by atoms with E-state index in [1.807, 2.05) is 6.92 Å². The fourth-order valence-corrected chi connectivity index (χ4v) is 4.38. The summed E-state index contributed by atoms with van der Waals surface area (Å²) in [7, 11) is -3.80. The predicted molar refractivity (Wildman–Crippen MR) is 84.4 cm³/mol. The highest BCUT2D eigenvalue weighted by molar-refractivity contribution is 7.89. The lowest BCUT2D eigenvalue weighted by atomic mass is 9.78. The summed E-state index contributed by atoms with van der Waals surface area (Å²) in [6.45, 7) is 4.14. The topological polar surface area (TPSA) is 89.3 Å². The van der Waals surface area contributed by atoms with Gasteiger partial charge in [-0.05, 0) is 30.4 Å². The Morgan fingerprint density at radius 1 is 1.32 bits per heavy atom. The van der Waals surface area contributed by atoms with Gasteiger partial charge in [0.05, 0.1) is 9.82 Å². The van der Waals surface area contributed by atoms with Crippen molar-refractivity contribution in [2.45, 2.75) is 44.0 Å². The van der Waals surface area contributed by atoms with E-state index in [4.69, 9.17) is 11.6 Å². The molecule has 0 aliphatic heterocycles. The number of nitrogens with zero attached hydrogens (tertiary/aromatic N) is 1. The number of benzene rings is 1. The summed E-state index contributed by atoms with van der Waals surface area (Å²) in [5.74, 6) is 0.673. The van der Waals surface area contributed by atoms with Gasteiger partial charge in [0.2, 0.25) is 10.0 Å². The Morgan fingerprint density at radius 3 is 2.64 bits per heavy atom. The van der Waals surface area contributed by atoms with Gasteiger partial charge < -0.3 is 0 Å². The Kier molecular flexibility index (Phi) is 5.09. The van der Waals surface area contributed by atoms with Crippen LogP contribution in [0.4, 0.5) is 5.69 Å². The molecule has 0 unspecified atom stereocenters. The summed E-state index contributed by atoms with van der Waals surface area (Å²) in [4.78, 5) is 10.1.